The molecule has 0 saturated heterocycles. The van der Waals surface area contributed by atoms with Crippen LogP contribution in [-0.2, 0) is 9.53 Å². The van der Waals surface area contributed by atoms with E-state index in [1.807, 2.05) is 25.1 Å². The van der Waals surface area contributed by atoms with Crippen LogP contribution >= 0.6 is 0 Å². The van der Waals surface area contributed by atoms with E-state index in [9.17, 15) is 4.79 Å². The molecule has 2 atom stereocenters. The number of hydrogen-bond acceptors (Lipinski definition) is 3. The van der Waals surface area contributed by atoms with E-state index in [1.165, 1.54) is 6.42 Å². The van der Waals surface area contributed by atoms with Crippen molar-refractivity contribution in [2.24, 2.45) is 5.92 Å². The first-order chi connectivity index (χ1) is 12.5. The molecule has 0 spiro atoms. The van der Waals surface area contributed by atoms with Crippen LogP contribution < -0.4 is 10.1 Å². The van der Waals surface area contributed by atoms with Crippen LogP contribution in [0.25, 0.3) is 0 Å². The number of carbonyl (C=O) groups excluding carboxylic acids is 1. The number of nitrogens with one attached hydrogen (secondary N) is 1. The van der Waals surface area contributed by atoms with Gasteiger partial charge >= 0.3 is 0 Å². The zero-order chi connectivity index (χ0) is 19.0. The van der Waals surface area contributed by atoms with Crippen molar-refractivity contribution in [1.29, 1.82) is 0 Å². The number of unbranched alkanes of at least 4 members (excludes halogenated alkanes) is 1. The molecule has 0 aliphatic heterocycles. The van der Waals surface area contributed by atoms with Gasteiger partial charge in [-0.2, -0.15) is 0 Å². The van der Waals surface area contributed by atoms with Crippen molar-refractivity contribution in [3.63, 3.8) is 0 Å². The Hall–Kier alpha value is -1.55. The lowest BCUT2D eigenvalue weighted by atomic mass is 9.78. The van der Waals surface area contributed by atoms with E-state index in [2.05, 4.69) is 26.1 Å². The standard InChI is InChI=1S/C22H35NO3/c1-5-7-14-25-20-11-10-19(15-18(20)4)23-21(24)22(26-13-6-2)12-8-9-17(3)16-22/h10-11,15,17H,5-9,12-14,16H2,1-4H3,(H,23,24)/t17-,22+/m0/s1. The average molecular weight is 362 g/mol. The van der Waals surface area contributed by atoms with Gasteiger partial charge in [-0.25, -0.2) is 0 Å². The molecule has 0 heterocycles. The molecular formula is C22H35NO3. The van der Waals surface area contributed by atoms with E-state index in [1.54, 1.807) is 0 Å². The normalized spacial score (nSPS) is 22.8. The molecule has 1 saturated carbocycles. The van der Waals surface area contributed by atoms with Crippen molar-refractivity contribution in [2.75, 3.05) is 18.5 Å². The molecule has 4 nitrogen and oxygen atoms in total. The average Bonchev–Trinajstić information content (AvgIpc) is 2.62. The van der Waals surface area contributed by atoms with Gasteiger partial charge in [-0.05, 0) is 68.7 Å². The fourth-order valence-corrected chi connectivity index (χ4v) is 3.66. The molecule has 1 aromatic carbocycles. The second-order valence-corrected chi connectivity index (χ2v) is 7.68. The molecule has 0 bridgehead atoms. The van der Waals surface area contributed by atoms with Gasteiger partial charge in [0.25, 0.3) is 5.91 Å². The van der Waals surface area contributed by atoms with Gasteiger partial charge in [0.1, 0.15) is 11.4 Å². The molecule has 2 rings (SSSR count). The number of amides is 1. The van der Waals surface area contributed by atoms with Gasteiger partial charge in [0.05, 0.1) is 6.61 Å². The number of ether oxygens (including phenoxy) is 2. The molecule has 26 heavy (non-hydrogen) atoms. The highest BCUT2D eigenvalue weighted by atomic mass is 16.5. The third-order valence-corrected chi connectivity index (χ3v) is 5.14. The minimum absolute atomic E-state index is 0.00319. The highest BCUT2D eigenvalue weighted by Gasteiger charge is 2.42. The van der Waals surface area contributed by atoms with Crippen LogP contribution in [0, 0.1) is 12.8 Å². The number of carbonyl (C=O) groups is 1. The number of hydrogen-bond donors (Lipinski definition) is 1. The van der Waals surface area contributed by atoms with E-state index in [0.29, 0.717) is 12.5 Å². The third-order valence-electron chi connectivity index (χ3n) is 5.14. The van der Waals surface area contributed by atoms with Crippen molar-refractivity contribution in [3.05, 3.63) is 23.8 Å². The van der Waals surface area contributed by atoms with Gasteiger partial charge < -0.3 is 14.8 Å². The zero-order valence-electron chi connectivity index (χ0n) is 16.9. The summed E-state index contributed by atoms with van der Waals surface area (Å²) >= 11 is 0. The summed E-state index contributed by atoms with van der Waals surface area (Å²) in [5, 5.41) is 3.10. The Labute approximate surface area is 158 Å². The summed E-state index contributed by atoms with van der Waals surface area (Å²) in [7, 11) is 0. The van der Waals surface area contributed by atoms with Crippen LogP contribution in [0.15, 0.2) is 18.2 Å². The summed E-state index contributed by atoms with van der Waals surface area (Å²) in [5.41, 5.74) is 1.17. The smallest absolute Gasteiger partial charge is 0.256 e. The number of aryl methyl sites for hydroxylation is 1. The monoisotopic (exact) mass is 361 g/mol. The molecular weight excluding hydrogens is 326 g/mol. The second-order valence-electron chi connectivity index (χ2n) is 7.68. The van der Waals surface area contributed by atoms with Crippen LogP contribution in [0.4, 0.5) is 5.69 Å². The van der Waals surface area contributed by atoms with E-state index in [0.717, 1.165) is 62.1 Å². The first-order valence-electron chi connectivity index (χ1n) is 10.2. The van der Waals surface area contributed by atoms with E-state index < -0.39 is 5.60 Å². The highest BCUT2D eigenvalue weighted by molar-refractivity contribution is 5.97. The van der Waals surface area contributed by atoms with Crippen LogP contribution in [0.5, 0.6) is 5.75 Å². The van der Waals surface area contributed by atoms with Gasteiger partial charge in [-0.15, -0.1) is 0 Å². The molecule has 0 unspecified atom stereocenters. The lowest BCUT2D eigenvalue weighted by Gasteiger charge is -2.38. The Morgan fingerprint density at radius 2 is 2.08 bits per heavy atom. The second kappa shape index (κ2) is 9.96. The van der Waals surface area contributed by atoms with Gasteiger partial charge in [-0.3, -0.25) is 4.79 Å². The zero-order valence-corrected chi connectivity index (χ0v) is 16.9. The predicted octanol–water partition coefficient (Wildman–Crippen LogP) is 5.49. The van der Waals surface area contributed by atoms with Crippen molar-refractivity contribution in [1.82, 2.24) is 0 Å². The number of rotatable bonds is 9. The SMILES string of the molecule is CCCCOc1ccc(NC(=O)[C@@]2(OCCC)CCC[C@H](C)C2)cc1C. The molecule has 1 aromatic rings. The first-order valence-corrected chi connectivity index (χ1v) is 10.2. The maximum absolute atomic E-state index is 13.1. The van der Waals surface area contributed by atoms with Crippen LogP contribution in [0.2, 0.25) is 0 Å². The van der Waals surface area contributed by atoms with E-state index in [-0.39, 0.29) is 5.91 Å². The number of anilines is 1. The molecule has 1 N–H and O–H groups in total. The molecule has 1 fully saturated rings. The summed E-state index contributed by atoms with van der Waals surface area (Å²) in [6, 6.07) is 5.86. The molecule has 1 aliphatic rings. The van der Waals surface area contributed by atoms with Crippen molar-refractivity contribution in [2.45, 2.75) is 78.2 Å². The molecule has 1 amide bonds. The Morgan fingerprint density at radius 1 is 1.27 bits per heavy atom. The first kappa shape index (κ1) is 20.8. The molecule has 0 aromatic heterocycles. The van der Waals surface area contributed by atoms with Gasteiger partial charge in [0.15, 0.2) is 0 Å². The van der Waals surface area contributed by atoms with Crippen molar-refractivity contribution in [3.8, 4) is 5.75 Å². The fraction of sp³-hybridized carbons (Fsp3) is 0.682. The largest absolute Gasteiger partial charge is 0.493 e. The Balaban J connectivity index is 2.07. The lowest BCUT2D eigenvalue weighted by Crippen LogP contribution is -2.48. The van der Waals surface area contributed by atoms with E-state index >= 15 is 0 Å². The molecule has 0 radical (unpaired) electrons. The lowest BCUT2D eigenvalue weighted by molar-refractivity contribution is -0.148. The minimum Gasteiger partial charge on any atom is -0.493 e. The summed E-state index contributed by atoms with van der Waals surface area (Å²) in [6.07, 6.45) is 6.91. The Morgan fingerprint density at radius 3 is 2.73 bits per heavy atom. The van der Waals surface area contributed by atoms with Gasteiger partial charge in [0.2, 0.25) is 0 Å². The van der Waals surface area contributed by atoms with Gasteiger partial charge in [-0.1, -0.05) is 33.6 Å². The van der Waals surface area contributed by atoms with E-state index in [4.69, 9.17) is 9.47 Å². The number of benzene rings is 1. The Bertz CT molecular complexity index is 587. The maximum Gasteiger partial charge on any atom is 0.256 e. The molecule has 1 aliphatic carbocycles. The maximum atomic E-state index is 13.1. The van der Waals surface area contributed by atoms with Crippen LogP contribution in [-0.4, -0.2) is 24.7 Å². The van der Waals surface area contributed by atoms with Crippen LogP contribution in [0.3, 0.4) is 0 Å². The van der Waals surface area contributed by atoms with Gasteiger partial charge in [0, 0.05) is 12.3 Å². The summed E-state index contributed by atoms with van der Waals surface area (Å²) in [6.45, 7) is 9.82. The van der Waals surface area contributed by atoms with Crippen molar-refractivity contribution < 1.29 is 14.3 Å². The molecule has 146 valence electrons. The summed E-state index contributed by atoms with van der Waals surface area (Å²) < 4.78 is 11.9. The minimum atomic E-state index is -0.683. The fourth-order valence-electron chi connectivity index (χ4n) is 3.66. The topological polar surface area (TPSA) is 47.6 Å². The Kier molecular flexibility index (Phi) is 7.95. The molecule has 4 heteroatoms. The highest BCUT2D eigenvalue weighted by Crippen LogP contribution is 2.36. The predicted molar refractivity (Wildman–Crippen MR) is 107 cm³/mol. The quantitative estimate of drug-likeness (QED) is 0.592. The summed E-state index contributed by atoms with van der Waals surface area (Å²) in [4.78, 5) is 13.1. The third kappa shape index (κ3) is 5.47. The van der Waals surface area contributed by atoms with Crippen molar-refractivity contribution >= 4 is 11.6 Å². The van der Waals surface area contributed by atoms with Crippen LogP contribution in [0.1, 0.15) is 71.3 Å². The summed E-state index contributed by atoms with van der Waals surface area (Å²) in [5.74, 6) is 1.40.